The smallest absolute Gasteiger partial charge is 0.242 e. The molecule has 0 saturated heterocycles. The van der Waals surface area contributed by atoms with E-state index in [1.54, 1.807) is 17.0 Å². The predicted octanol–water partition coefficient (Wildman–Crippen LogP) is 5.44. The number of rotatable bonds is 12. The van der Waals surface area contributed by atoms with Crippen LogP contribution in [-0.2, 0) is 21.9 Å². The number of unbranched alkanes of at least 4 members (excludes halogenated alkanes) is 1. The summed E-state index contributed by atoms with van der Waals surface area (Å²) in [6.07, 6.45) is 2.38. The first-order chi connectivity index (χ1) is 14.9. The molecule has 2 aromatic rings. The summed E-state index contributed by atoms with van der Waals surface area (Å²) in [4.78, 5) is 27.5. The molecule has 0 fully saturated rings. The second-order valence-corrected chi connectivity index (χ2v) is 8.76. The van der Waals surface area contributed by atoms with E-state index < -0.39 is 6.04 Å². The molecule has 0 saturated carbocycles. The van der Waals surface area contributed by atoms with Gasteiger partial charge in [0.05, 0.1) is 5.75 Å². The molecule has 2 amide bonds. The van der Waals surface area contributed by atoms with Crippen LogP contribution in [-0.4, -0.2) is 35.1 Å². The van der Waals surface area contributed by atoms with Gasteiger partial charge in [-0.3, -0.25) is 9.59 Å². The van der Waals surface area contributed by atoms with Crippen molar-refractivity contribution in [1.82, 2.24) is 10.2 Å². The maximum atomic E-state index is 13.3. The van der Waals surface area contributed by atoms with Crippen molar-refractivity contribution in [1.29, 1.82) is 0 Å². The van der Waals surface area contributed by atoms with Crippen LogP contribution in [0.4, 0.5) is 4.39 Å². The van der Waals surface area contributed by atoms with Crippen molar-refractivity contribution in [2.75, 3.05) is 12.3 Å². The van der Waals surface area contributed by atoms with Crippen LogP contribution in [0, 0.1) is 5.82 Å². The first-order valence-corrected chi connectivity index (χ1v) is 12.1. The zero-order valence-corrected chi connectivity index (χ0v) is 19.6. The highest BCUT2D eigenvalue weighted by Crippen LogP contribution is 2.19. The van der Waals surface area contributed by atoms with Gasteiger partial charge in [-0.1, -0.05) is 56.1 Å². The van der Waals surface area contributed by atoms with Gasteiger partial charge in [-0.2, -0.15) is 0 Å². The third-order valence-electron chi connectivity index (χ3n) is 4.86. The van der Waals surface area contributed by atoms with Gasteiger partial charge in [-0.25, -0.2) is 4.39 Å². The maximum absolute atomic E-state index is 13.3. The monoisotopic (exact) mass is 464 g/mol. The minimum absolute atomic E-state index is 0.117. The van der Waals surface area contributed by atoms with Crippen LogP contribution in [0.5, 0.6) is 0 Å². The molecule has 2 aromatic carbocycles. The fourth-order valence-corrected chi connectivity index (χ4v) is 4.25. The Kier molecular flexibility index (Phi) is 10.9. The van der Waals surface area contributed by atoms with E-state index >= 15 is 0 Å². The van der Waals surface area contributed by atoms with Crippen LogP contribution >= 0.6 is 23.4 Å². The number of hydrogen-bond acceptors (Lipinski definition) is 3. The molecule has 4 nitrogen and oxygen atoms in total. The van der Waals surface area contributed by atoms with Gasteiger partial charge in [-0.05, 0) is 48.2 Å². The van der Waals surface area contributed by atoms with Crippen LogP contribution in [0.2, 0.25) is 5.02 Å². The molecule has 0 radical (unpaired) electrons. The van der Waals surface area contributed by atoms with Gasteiger partial charge in [0, 0.05) is 23.9 Å². The molecule has 0 aromatic heterocycles. The average Bonchev–Trinajstić information content (AvgIpc) is 2.75. The third kappa shape index (κ3) is 8.54. The lowest BCUT2D eigenvalue weighted by molar-refractivity contribution is -0.139. The molecule has 0 spiro atoms. The molecule has 0 aliphatic carbocycles. The molecule has 7 heteroatoms. The zero-order valence-electron chi connectivity index (χ0n) is 18.1. The number of benzene rings is 2. The van der Waals surface area contributed by atoms with E-state index in [0.717, 1.165) is 24.0 Å². The van der Waals surface area contributed by atoms with Crippen molar-refractivity contribution in [3.63, 3.8) is 0 Å². The van der Waals surface area contributed by atoms with Crippen molar-refractivity contribution in [3.8, 4) is 0 Å². The van der Waals surface area contributed by atoms with Crippen molar-refractivity contribution in [2.45, 2.75) is 51.4 Å². The van der Waals surface area contributed by atoms with Gasteiger partial charge in [0.1, 0.15) is 11.9 Å². The Morgan fingerprint density at radius 3 is 2.52 bits per heavy atom. The minimum Gasteiger partial charge on any atom is -0.354 e. The van der Waals surface area contributed by atoms with Crippen molar-refractivity contribution in [3.05, 3.63) is 70.5 Å². The highest BCUT2D eigenvalue weighted by atomic mass is 35.5. The molecular formula is C24H30ClFN2O2S. The molecule has 2 rings (SSSR count). The van der Waals surface area contributed by atoms with E-state index in [-0.39, 0.29) is 29.9 Å². The number of thioether (sulfide) groups is 1. The summed E-state index contributed by atoms with van der Waals surface area (Å²) in [5.74, 6) is 0.297. The Labute approximate surface area is 193 Å². The lowest BCUT2D eigenvalue weighted by atomic mass is 10.1. The summed E-state index contributed by atoms with van der Waals surface area (Å²) >= 11 is 7.51. The Bertz CT molecular complexity index is 848. The lowest BCUT2D eigenvalue weighted by Gasteiger charge is -2.30. The highest BCUT2D eigenvalue weighted by molar-refractivity contribution is 7.99. The van der Waals surface area contributed by atoms with Crippen LogP contribution < -0.4 is 5.32 Å². The summed E-state index contributed by atoms with van der Waals surface area (Å²) < 4.78 is 13.3. The van der Waals surface area contributed by atoms with Gasteiger partial charge in [0.2, 0.25) is 11.8 Å². The second kappa shape index (κ2) is 13.4. The standard InChI is InChI=1S/C24H30ClFN2O2S/c1-3-5-13-27-24(30)22(4-2)28(15-18-9-11-21(26)12-10-18)23(29)17-31-16-19-7-6-8-20(25)14-19/h6-12,14,22H,3-5,13,15-17H2,1-2H3,(H,27,30)/t22-/m1/s1. The summed E-state index contributed by atoms with van der Waals surface area (Å²) in [5.41, 5.74) is 1.83. The number of carbonyl (C=O) groups excluding carboxylic acids is 2. The Balaban J connectivity index is 2.09. The Hall–Kier alpha value is -2.05. The predicted molar refractivity (Wildman–Crippen MR) is 127 cm³/mol. The van der Waals surface area contributed by atoms with Crippen LogP contribution in [0.1, 0.15) is 44.2 Å². The number of nitrogens with one attached hydrogen (secondary N) is 1. The van der Waals surface area contributed by atoms with Gasteiger partial charge < -0.3 is 10.2 Å². The fourth-order valence-electron chi connectivity index (χ4n) is 3.18. The van der Waals surface area contributed by atoms with Crippen LogP contribution in [0.3, 0.4) is 0 Å². The summed E-state index contributed by atoms with van der Waals surface area (Å²) in [6, 6.07) is 13.0. The molecule has 0 aliphatic rings. The second-order valence-electron chi connectivity index (χ2n) is 7.34. The zero-order chi connectivity index (χ0) is 22.6. The van der Waals surface area contributed by atoms with E-state index in [0.29, 0.717) is 23.7 Å². The molecule has 0 unspecified atom stereocenters. The normalized spacial score (nSPS) is 11.7. The third-order valence-corrected chi connectivity index (χ3v) is 6.09. The number of nitrogens with zero attached hydrogens (tertiary/aromatic N) is 1. The fraction of sp³-hybridized carbons (Fsp3) is 0.417. The van der Waals surface area contributed by atoms with Crippen molar-refractivity contribution < 1.29 is 14.0 Å². The molecule has 31 heavy (non-hydrogen) atoms. The van der Waals surface area contributed by atoms with Crippen molar-refractivity contribution >= 4 is 35.2 Å². The molecule has 1 N–H and O–H groups in total. The van der Waals surface area contributed by atoms with Gasteiger partial charge in [0.25, 0.3) is 0 Å². The van der Waals surface area contributed by atoms with E-state index in [4.69, 9.17) is 11.6 Å². The molecule has 1 atom stereocenters. The van der Waals surface area contributed by atoms with Gasteiger partial charge in [-0.15, -0.1) is 11.8 Å². The van der Waals surface area contributed by atoms with E-state index in [1.807, 2.05) is 31.2 Å². The molecule has 0 heterocycles. The minimum atomic E-state index is -0.568. The first kappa shape index (κ1) is 25.2. The van der Waals surface area contributed by atoms with Crippen molar-refractivity contribution in [2.24, 2.45) is 0 Å². The Morgan fingerprint density at radius 2 is 1.87 bits per heavy atom. The largest absolute Gasteiger partial charge is 0.354 e. The van der Waals surface area contributed by atoms with Crippen LogP contribution in [0.15, 0.2) is 48.5 Å². The summed E-state index contributed by atoms with van der Waals surface area (Å²) in [6.45, 7) is 4.81. The summed E-state index contributed by atoms with van der Waals surface area (Å²) in [7, 11) is 0. The quantitative estimate of drug-likeness (QED) is 0.426. The molecule has 0 aliphatic heterocycles. The summed E-state index contributed by atoms with van der Waals surface area (Å²) in [5, 5.41) is 3.60. The highest BCUT2D eigenvalue weighted by Gasteiger charge is 2.28. The van der Waals surface area contributed by atoms with E-state index in [1.165, 1.54) is 23.9 Å². The SMILES string of the molecule is CCCCNC(=O)[C@@H](CC)N(Cc1ccc(F)cc1)C(=O)CSCc1cccc(Cl)c1. The number of halogens is 2. The number of amides is 2. The molecule has 168 valence electrons. The van der Waals surface area contributed by atoms with Crippen LogP contribution in [0.25, 0.3) is 0 Å². The lowest BCUT2D eigenvalue weighted by Crippen LogP contribution is -2.49. The van der Waals surface area contributed by atoms with E-state index in [2.05, 4.69) is 12.2 Å². The Morgan fingerprint density at radius 1 is 1.13 bits per heavy atom. The number of carbonyl (C=O) groups is 2. The average molecular weight is 465 g/mol. The molecule has 0 bridgehead atoms. The topological polar surface area (TPSA) is 49.4 Å². The first-order valence-electron chi connectivity index (χ1n) is 10.6. The molecular weight excluding hydrogens is 435 g/mol. The van der Waals surface area contributed by atoms with Gasteiger partial charge >= 0.3 is 0 Å². The van der Waals surface area contributed by atoms with Gasteiger partial charge in [0.15, 0.2) is 0 Å². The van der Waals surface area contributed by atoms with E-state index in [9.17, 15) is 14.0 Å². The maximum Gasteiger partial charge on any atom is 0.242 e. The number of hydrogen-bond donors (Lipinski definition) is 1.